The van der Waals surface area contributed by atoms with Gasteiger partial charge in [0.15, 0.2) is 0 Å². The van der Waals surface area contributed by atoms with E-state index in [1.54, 1.807) is 7.11 Å². The van der Waals surface area contributed by atoms with Crippen LogP contribution in [0.4, 0.5) is 0 Å². The van der Waals surface area contributed by atoms with E-state index in [9.17, 15) is 5.11 Å². The predicted molar refractivity (Wildman–Crippen MR) is 82.1 cm³/mol. The fourth-order valence-electron chi connectivity index (χ4n) is 3.20. The van der Waals surface area contributed by atoms with Crippen molar-refractivity contribution >= 4 is 0 Å². The quantitative estimate of drug-likeness (QED) is 0.895. The van der Waals surface area contributed by atoms with Crippen molar-refractivity contribution in [2.75, 3.05) is 21.2 Å². The molecule has 1 saturated carbocycles. The fraction of sp³-hybridized carbons (Fsp3) is 0.647. The molecule has 1 aliphatic rings. The summed E-state index contributed by atoms with van der Waals surface area (Å²) in [6, 6.07) is 8.46. The highest BCUT2D eigenvalue weighted by Gasteiger charge is 2.33. The van der Waals surface area contributed by atoms with Crippen molar-refractivity contribution in [3.8, 4) is 5.75 Å². The predicted octanol–water partition coefficient (Wildman–Crippen LogP) is 3.38. The molecular formula is C17H27NO2. The van der Waals surface area contributed by atoms with Crippen LogP contribution in [0, 0.1) is 0 Å². The minimum Gasteiger partial charge on any atom is -0.497 e. The SMILES string of the molecule is COc1ccc([C@@H](CC2(O)CCCCC2)N(C)C)cc1. The molecule has 1 aromatic carbocycles. The average molecular weight is 277 g/mol. The van der Waals surface area contributed by atoms with Crippen molar-refractivity contribution in [3.63, 3.8) is 0 Å². The number of hydrogen-bond donors (Lipinski definition) is 1. The van der Waals surface area contributed by atoms with Gasteiger partial charge in [-0.25, -0.2) is 0 Å². The first-order valence-corrected chi connectivity index (χ1v) is 7.57. The number of methoxy groups -OCH3 is 1. The molecular weight excluding hydrogens is 250 g/mol. The molecule has 3 heteroatoms. The van der Waals surface area contributed by atoms with Gasteiger partial charge in [0.05, 0.1) is 12.7 Å². The number of aliphatic hydroxyl groups is 1. The fourth-order valence-corrected chi connectivity index (χ4v) is 3.20. The van der Waals surface area contributed by atoms with Gasteiger partial charge in [-0.05, 0) is 51.1 Å². The highest BCUT2D eigenvalue weighted by Crippen LogP contribution is 2.37. The van der Waals surface area contributed by atoms with Crippen LogP contribution in [0.5, 0.6) is 5.75 Å². The Morgan fingerprint density at radius 2 is 1.75 bits per heavy atom. The number of ether oxygens (including phenoxy) is 1. The summed E-state index contributed by atoms with van der Waals surface area (Å²) in [5.74, 6) is 0.877. The summed E-state index contributed by atoms with van der Waals surface area (Å²) in [7, 11) is 5.85. The van der Waals surface area contributed by atoms with Gasteiger partial charge in [-0.2, -0.15) is 0 Å². The summed E-state index contributed by atoms with van der Waals surface area (Å²) in [4.78, 5) is 2.20. The third-order valence-electron chi connectivity index (χ3n) is 4.48. The number of rotatable bonds is 5. The largest absolute Gasteiger partial charge is 0.497 e. The van der Waals surface area contributed by atoms with Crippen molar-refractivity contribution in [1.82, 2.24) is 4.90 Å². The van der Waals surface area contributed by atoms with Gasteiger partial charge in [-0.1, -0.05) is 31.4 Å². The number of hydrogen-bond acceptors (Lipinski definition) is 3. The zero-order valence-corrected chi connectivity index (χ0v) is 12.9. The molecule has 0 spiro atoms. The van der Waals surface area contributed by atoms with Gasteiger partial charge in [0.1, 0.15) is 5.75 Å². The third-order valence-corrected chi connectivity index (χ3v) is 4.48. The van der Waals surface area contributed by atoms with E-state index in [0.717, 1.165) is 37.9 Å². The molecule has 1 N–H and O–H groups in total. The topological polar surface area (TPSA) is 32.7 Å². The lowest BCUT2D eigenvalue weighted by Gasteiger charge is -2.37. The second kappa shape index (κ2) is 6.59. The van der Waals surface area contributed by atoms with Crippen LogP contribution in [-0.2, 0) is 0 Å². The molecule has 2 rings (SSSR count). The Balaban J connectivity index is 2.13. The molecule has 1 aliphatic carbocycles. The highest BCUT2D eigenvalue weighted by molar-refractivity contribution is 5.29. The molecule has 1 aromatic rings. The Labute approximate surface area is 122 Å². The summed E-state index contributed by atoms with van der Waals surface area (Å²) in [6.45, 7) is 0. The van der Waals surface area contributed by atoms with Crippen LogP contribution in [0.1, 0.15) is 50.1 Å². The lowest BCUT2D eigenvalue weighted by molar-refractivity contribution is -0.0227. The first-order valence-electron chi connectivity index (χ1n) is 7.57. The highest BCUT2D eigenvalue weighted by atomic mass is 16.5. The van der Waals surface area contributed by atoms with Gasteiger partial charge in [0.25, 0.3) is 0 Å². The van der Waals surface area contributed by atoms with Crippen LogP contribution in [0.15, 0.2) is 24.3 Å². The number of nitrogens with zero attached hydrogens (tertiary/aromatic N) is 1. The second-order valence-electron chi connectivity index (χ2n) is 6.24. The van der Waals surface area contributed by atoms with Crippen molar-refractivity contribution in [2.24, 2.45) is 0 Å². The van der Waals surface area contributed by atoms with E-state index in [2.05, 4.69) is 31.1 Å². The van der Waals surface area contributed by atoms with Gasteiger partial charge in [0.2, 0.25) is 0 Å². The minimum absolute atomic E-state index is 0.254. The van der Waals surface area contributed by atoms with Crippen LogP contribution in [0.2, 0.25) is 0 Å². The molecule has 0 aromatic heterocycles. The van der Waals surface area contributed by atoms with Gasteiger partial charge >= 0.3 is 0 Å². The second-order valence-corrected chi connectivity index (χ2v) is 6.24. The van der Waals surface area contributed by atoms with Crippen LogP contribution in [0.3, 0.4) is 0 Å². The van der Waals surface area contributed by atoms with Crippen molar-refractivity contribution in [1.29, 1.82) is 0 Å². The molecule has 20 heavy (non-hydrogen) atoms. The van der Waals surface area contributed by atoms with E-state index >= 15 is 0 Å². The molecule has 0 amide bonds. The molecule has 0 radical (unpaired) electrons. The van der Waals surface area contributed by atoms with Crippen LogP contribution >= 0.6 is 0 Å². The molecule has 0 saturated heterocycles. The van der Waals surface area contributed by atoms with Crippen molar-refractivity contribution < 1.29 is 9.84 Å². The third kappa shape index (κ3) is 3.74. The first-order chi connectivity index (χ1) is 9.54. The van der Waals surface area contributed by atoms with E-state index < -0.39 is 5.60 Å². The Kier molecular flexibility index (Phi) is 5.06. The van der Waals surface area contributed by atoms with Crippen LogP contribution in [0.25, 0.3) is 0 Å². The lowest BCUT2D eigenvalue weighted by Crippen LogP contribution is -2.36. The van der Waals surface area contributed by atoms with Gasteiger partial charge < -0.3 is 14.7 Å². The monoisotopic (exact) mass is 277 g/mol. The van der Waals surface area contributed by atoms with Gasteiger partial charge in [-0.3, -0.25) is 0 Å². The molecule has 0 heterocycles. The maximum atomic E-state index is 10.8. The Morgan fingerprint density at radius 1 is 1.15 bits per heavy atom. The van der Waals surface area contributed by atoms with Crippen LogP contribution in [-0.4, -0.2) is 36.8 Å². The minimum atomic E-state index is -0.493. The van der Waals surface area contributed by atoms with E-state index in [0.29, 0.717) is 0 Å². The standard InChI is InChI=1S/C17H27NO2/c1-18(2)16(13-17(19)11-5-4-6-12-17)14-7-9-15(20-3)10-8-14/h7-10,16,19H,4-6,11-13H2,1-3H3/t16-/m1/s1. The van der Waals surface area contributed by atoms with E-state index in [1.807, 2.05) is 12.1 Å². The lowest BCUT2D eigenvalue weighted by atomic mass is 9.79. The van der Waals surface area contributed by atoms with E-state index in [1.165, 1.54) is 12.0 Å². The average Bonchev–Trinajstić information content (AvgIpc) is 2.45. The zero-order valence-electron chi connectivity index (χ0n) is 12.9. The normalized spacial score (nSPS) is 19.9. The van der Waals surface area contributed by atoms with Crippen molar-refractivity contribution in [3.05, 3.63) is 29.8 Å². The number of benzene rings is 1. The van der Waals surface area contributed by atoms with Crippen LogP contribution < -0.4 is 4.74 Å². The molecule has 0 unspecified atom stereocenters. The molecule has 0 aliphatic heterocycles. The van der Waals surface area contributed by atoms with E-state index in [-0.39, 0.29) is 6.04 Å². The summed E-state index contributed by atoms with van der Waals surface area (Å²) < 4.78 is 5.22. The Bertz CT molecular complexity index is 408. The smallest absolute Gasteiger partial charge is 0.118 e. The summed E-state index contributed by atoms with van der Waals surface area (Å²) in [5.41, 5.74) is 0.752. The van der Waals surface area contributed by atoms with E-state index in [4.69, 9.17) is 4.74 Å². The molecule has 1 fully saturated rings. The summed E-state index contributed by atoms with van der Waals surface area (Å²) in [5, 5.41) is 10.8. The molecule has 1 atom stereocenters. The molecule has 3 nitrogen and oxygen atoms in total. The maximum Gasteiger partial charge on any atom is 0.118 e. The van der Waals surface area contributed by atoms with Gasteiger partial charge in [0, 0.05) is 6.04 Å². The first kappa shape index (κ1) is 15.3. The Hall–Kier alpha value is -1.06. The summed E-state index contributed by atoms with van der Waals surface area (Å²) >= 11 is 0. The maximum absolute atomic E-state index is 10.8. The molecule has 112 valence electrons. The summed E-state index contributed by atoms with van der Waals surface area (Å²) in [6.07, 6.45) is 6.25. The molecule has 0 bridgehead atoms. The van der Waals surface area contributed by atoms with Crippen molar-refractivity contribution in [2.45, 2.75) is 50.2 Å². The Morgan fingerprint density at radius 3 is 2.25 bits per heavy atom. The zero-order chi connectivity index (χ0) is 14.6. The van der Waals surface area contributed by atoms with Gasteiger partial charge in [-0.15, -0.1) is 0 Å².